The number of ether oxygens (including phenoxy) is 1. The Morgan fingerprint density at radius 2 is 1.81 bits per heavy atom. The molecule has 7 heteroatoms. The van der Waals surface area contributed by atoms with Gasteiger partial charge in [0.15, 0.2) is 0 Å². The highest BCUT2D eigenvalue weighted by atomic mass is 32.2. The predicted molar refractivity (Wildman–Crippen MR) is 99.8 cm³/mol. The van der Waals surface area contributed by atoms with Gasteiger partial charge in [-0.15, -0.1) is 0 Å². The molecule has 26 heavy (non-hydrogen) atoms. The minimum Gasteiger partial charge on any atom is -0.495 e. The van der Waals surface area contributed by atoms with Crippen molar-refractivity contribution in [3.63, 3.8) is 0 Å². The van der Waals surface area contributed by atoms with Gasteiger partial charge in [-0.05, 0) is 36.6 Å². The summed E-state index contributed by atoms with van der Waals surface area (Å²) in [5, 5.41) is 2.77. The fourth-order valence-corrected chi connectivity index (χ4v) is 4.54. The van der Waals surface area contributed by atoms with Crippen molar-refractivity contribution >= 4 is 21.6 Å². The number of nitrogens with zero attached hydrogens (tertiary/aromatic N) is 1. The monoisotopic (exact) mass is 374 g/mol. The predicted octanol–water partition coefficient (Wildman–Crippen LogP) is 2.66. The third kappa shape index (κ3) is 4.05. The Bertz CT molecular complexity index is 876. The van der Waals surface area contributed by atoms with E-state index >= 15 is 0 Å². The molecule has 1 amide bonds. The highest BCUT2D eigenvalue weighted by Crippen LogP contribution is 2.30. The first-order chi connectivity index (χ1) is 12.5. The van der Waals surface area contributed by atoms with Gasteiger partial charge in [0.25, 0.3) is 0 Å². The van der Waals surface area contributed by atoms with Crippen molar-refractivity contribution in [2.24, 2.45) is 0 Å². The van der Waals surface area contributed by atoms with Crippen LogP contribution >= 0.6 is 0 Å². The number of sulfonamides is 1. The van der Waals surface area contributed by atoms with Gasteiger partial charge in [0.2, 0.25) is 15.9 Å². The van der Waals surface area contributed by atoms with Gasteiger partial charge in [-0.25, -0.2) is 8.42 Å². The molecule has 6 nitrogen and oxygen atoms in total. The van der Waals surface area contributed by atoms with Crippen LogP contribution in [-0.2, 0) is 21.2 Å². The van der Waals surface area contributed by atoms with E-state index in [0.717, 1.165) is 18.4 Å². The van der Waals surface area contributed by atoms with Gasteiger partial charge in [-0.2, -0.15) is 4.31 Å². The van der Waals surface area contributed by atoms with Crippen LogP contribution in [0.2, 0.25) is 0 Å². The van der Waals surface area contributed by atoms with Crippen LogP contribution < -0.4 is 10.1 Å². The zero-order valence-corrected chi connectivity index (χ0v) is 15.5. The van der Waals surface area contributed by atoms with E-state index in [4.69, 9.17) is 4.74 Å². The van der Waals surface area contributed by atoms with Crippen molar-refractivity contribution in [3.05, 3.63) is 54.1 Å². The summed E-state index contributed by atoms with van der Waals surface area (Å²) in [5.41, 5.74) is 1.23. The minimum absolute atomic E-state index is 0.162. The second-order valence-corrected chi connectivity index (χ2v) is 8.12. The number of hydrogen-bond donors (Lipinski definition) is 1. The lowest BCUT2D eigenvalue weighted by molar-refractivity contribution is -0.115. The molecule has 1 N–H and O–H groups in total. The van der Waals surface area contributed by atoms with Crippen molar-refractivity contribution in [2.75, 3.05) is 25.5 Å². The Labute approximate surface area is 153 Å². The highest BCUT2D eigenvalue weighted by molar-refractivity contribution is 7.89. The van der Waals surface area contributed by atoms with Crippen LogP contribution in [0.25, 0.3) is 0 Å². The molecule has 1 aliphatic heterocycles. The van der Waals surface area contributed by atoms with E-state index in [9.17, 15) is 13.2 Å². The summed E-state index contributed by atoms with van der Waals surface area (Å²) in [6.07, 6.45) is 1.94. The smallest absolute Gasteiger partial charge is 0.243 e. The quantitative estimate of drug-likeness (QED) is 0.843. The van der Waals surface area contributed by atoms with E-state index in [1.807, 2.05) is 30.3 Å². The molecule has 1 fully saturated rings. The molecule has 0 spiro atoms. The molecule has 0 radical (unpaired) electrons. The average molecular weight is 374 g/mol. The molecule has 0 unspecified atom stereocenters. The van der Waals surface area contributed by atoms with E-state index in [-0.39, 0.29) is 17.2 Å². The van der Waals surface area contributed by atoms with Crippen LogP contribution in [0.15, 0.2) is 53.4 Å². The van der Waals surface area contributed by atoms with Crippen LogP contribution in [-0.4, -0.2) is 38.8 Å². The molecular formula is C19H22N2O4S. The molecule has 138 valence electrons. The first kappa shape index (κ1) is 18.4. The van der Waals surface area contributed by atoms with E-state index in [1.165, 1.54) is 23.5 Å². The zero-order valence-electron chi connectivity index (χ0n) is 14.6. The molecule has 0 bridgehead atoms. The van der Waals surface area contributed by atoms with Crippen LogP contribution in [0.5, 0.6) is 5.75 Å². The summed E-state index contributed by atoms with van der Waals surface area (Å²) >= 11 is 0. The van der Waals surface area contributed by atoms with Gasteiger partial charge in [-0.1, -0.05) is 30.3 Å². The van der Waals surface area contributed by atoms with E-state index in [0.29, 0.717) is 24.5 Å². The molecular weight excluding hydrogens is 352 g/mol. The lowest BCUT2D eigenvalue weighted by Gasteiger charge is -2.17. The van der Waals surface area contributed by atoms with Crippen LogP contribution in [0.4, 0.5) is 5.69 Å². The number of nitrogens with one attached hydrogen (secondary N) is 1. The number of anilines is 1. The summed E-state index contributed by atoms with van der Waals surface area (Å²) in [7, 11) is -2.07. The van der Waals surface area contributed by atoms with Crippen molar-refractivity contribution in [1.82, 2.24) is 4.31 Å². The standard InChI is InChI=1S/C19H22N2O4S/c1-25-18-10-9-16(26(23,24)21-11-5-6-12-21)14-17(18)20-19(22)13-15-7-3-2-4-8-15/h2-4,7-10,14H,5-6,11-13H2,1H3,(H,20,22). The summed E-state index contributed by atoms with van der Waals surface area (Å²) < 4.78 is 32.2. The number of hydrogen-bond acceptors (Lipinski definition) is 4. The summed E-state index contributed by atoms with van der Waals surface area (Å²) in [6.45, 7) is 1.06. The minimum atomic E-state index is -3.55. The maximum Gasteiger partial charge on any atom is 0.243 e. The number of benzene rings is 2. The average Bonchev–Trinajstić information content (AvgIpc) is 3.18. The molecule has 2 aromatic rings. The second kappa shape index (κ2) is 7.88. The maximum atomic E-state index is 12.7. The van der Waals surface area contributed by atoms with Crippen molar-refractivity contribution < 1.29 is 17.9 Å². The second-order valence-electron chi connectivity index (χ2n) is 6.18. The topological polar surface area (TPSA) is 75.7 Å². The van der Waals surface area contributed by atoms with Crippen molar-refractivity contribution in [3.8, 4) is 5.75 Å². The number of amides is 1. The fourth-order valence-electron chi connectivity index (χ4n) is 3.00. The number of rotatable bonds is 6. The largest absolute Gasteiger partial charge is 0.495 e. The highest BCUT2D eigenvalue weighted by Gasteiger charge is 2.28. The lowest BCUT2D eigenvalue weighted by Crippen LogP contribution is -2.28. The number of methoxy groups -OCH3 is 1. The van der Waals surface area contributed by atoms with Gasteiger partial charge in [0.1, 0.15) is 5.75 Å². The first-order valence-corrected chi connectivity index (χ1v) is 9.96. The van der Waals surface area contributed by atoms with Gasteiger partial charge in [-0.3, -0.25) is 4.79 Å². The number of carbonyl (C=O) groups excluding carboxylic acids is 1. The van der Waals surface area contributed by atoms with Crippen LogP contribution in [0.3, 0.4) is 0 Å². The summed E-state index contributed by atoms with van der Waals surface area (Å²) in [5.74, 6) is 0.192. The lowest BCUT2D eigenvalue weighted by atomic mass is 10.1. The molecule has 1 heterocycles. The Morgan fingerprint density at radius 3 is 2.46 bits per heavy atom. The number of carbonyl (C=O) groups is 1. The van der Waals surface area contributed by atoms with Crippen LogP contribution in [0, 0.1) is 0 Å². The first-order valence-electron chi connectivity index (χ1n) is 8.52. The molecule has 0 atom stereocenters. The Hall–Kier alpha value is -2.38. The Kier molecular flexibility index (Phi) is 5.58. The van der Waals surface area contributed by atoms with E-state index < -0.39 is 10.0 Å². The SMILES string of the molecule is COc1ccc(S(=O)(=O)N2CCCC2)cc1NC(=O)Cc1ccccc1. The molecule has 2 aromatic carbocycles. The molecule has 0 aromatic heterocycles. The third-order valence-electron chi connectivity index (χ3n) is 4.36. The van der Waals surface area contributed by atoms with Gasteiger partial charge >= 0.3 is 0 Å². The molecule has 3 rings (SSSR count). The zero-order chi connectivity index (χ0) is 18.6. The molecule has 1 aliphatic rings. The van der Waals surface area contributed by atoms with Crippen molar-refractivity contribution in [1.29, 1.82) is 0 Å². The molecule has 0 saturated carbocycles. The Morgan fingerprint density at radius 1 is 1.12 bits per heavy atom. The van der Waals surface area contributed by atoms with E-state index in [2.05, 4.69) is 5.32 Å². The molecule has 0 aliphatic carbocycles. The Balaban J connectivity index is 1.82. The van der Waals surface area contributed by atoms with Gasteiger partial charge < -0.3 is 10.1 Å². The summed E-state index contributed by atoms with van der Waals surface area (Å²) in [4.78, 5) is 12.5. The molecule has 1 saturated heterocycles. The van der Waals surface area contributed by atoms with Crippen LogP contribution in [0.1, 0.15) is 18.4 Å². The van der Waals surface area contributed by atoms with E-state index in [1.54, 1.807) is 6.07 Å². The normalized spacial score (nSPS) is 15.0. The van der Waals surface area contributed by atoms with Gasteiger partial charge in [0.05, 0.1) is 24.1 Å². The summed E-state index contributed by atoms with van der Waals surface area (Å²) in [6, 6.07) is 13.9. The van der Waals surface area contributed by atoms with Crippen molar-refractivity contribution in [2.45, 2.75) is 24.2 Å². The fraction of sp³-hybridized carbons (Fsp3) is 0.316. The van der Waals surface area contributed by atoms with Gasteiger partial charge in [0, 0.05) is 13.1 Å². The third-order valence-corrected chi connectivity index (χ3v) is 6.25. The maximum absolute atomic E-state index is 12.7.